The van der Waals surface area contributed by atoms with Gasteiger partial charge >= 0.3 is 0 Å². The first-order valence-corrected chi connectivity index (χ1v) is 8.40. The van der Waals surface area contributed by atoms with Gasteiger partial charge in [0, 0.05) is 24.8 Å². The lowest BCUT2D eigenvalue weighted by Crippen LogP contribution is -2.12. The predicted molar refractivity (Wildman–Crippen MR) is 88.3 cm³/mol. The van der Waals surface area contributed by atoms with Crippen molar-refractivity contribution in [1.82, 2.24) is 25.1 Å². The molecular weight excluding hydrogens is 379 g/mol. The number of hydrogen-bond donors (Lipinski definition) is 1. The zero-order chi connectivity index (χ0) is 16.2. The SMILES string of the molecule is O=C(Nc1cnccn1)c1nnc(Sc2c(Cl)cncc2Cl)s1. The Morgan fingerprint density at radius 2 is 1.87 bits per heavy atom. The van der Waals surface area contributed by atoms with Crippen LogP contribution in [0.1, 0.15) is 9.80 Å². The summed E-state index contributed by atoms with van der Waals surface area (Å²) >= 11 is 14.4. The van der Waals surface area contributed by atoms with Crippen LogP contribution in [0.3, 0.4) is 0 Å². The molecular formula is C12H6Cl2N6OS2. The highest BCUT2D eigenvalue weighted by atomic mass is 35.5. The zero-order valence-electron chi connectivity index (χ0n) is 11.1. The highest BCUT2D eigenvalue weighted by Gasteiger charge is 2.16. The Hall–Kier alpha value is -1.81. The number of hydrogen-bond acceptors (Lipinski definition) is 8. The second kappa shape index (κ2) is 7.18. The fourth-order valence-corrected chi connectivity index (χ4v) is 3.74. The van der Waals surface area contributed by atoms with Crippen LogP contribution in [-0.4, -0.2) is 31.1 Å². The summed E-state index contributed by atoms with van der Waals surface area (Å²) in [5, 5.41) is 11.4. The maximum absolute atomic E-state index is 12.1. The molecule has 1 N–H and O–H groups in total. The Balaban J connectivity index is 1.74. The number of rotatable bonds is 4. The van der Waals surface area contributed by atoms with Crippen molar-refractivity contribution in [3.63, 3.8) is 0 Å². The van der Waals surface area contributed by atoms with Crippen LogP contribution in [0.25, 0.3) is 0 Å². The van der Waals surface area contributed by atoms with E-state index in [0.717, 1.165) is 11.3 Å². The zero-order valence-corrected chi connectivity index (χ0v) is 14.2. The lowest BCUT2D eigenvalue weighted by Gasteiger charge is -2.02. The minimum Gasteiger partial charge on any atom is -0.303 e. The molecule has 11 heteroatoms. The lowest BCUT2D eigenvalue weighted by atomic mass is 10.5. The average molecular weight is 385 g/mol. The predicted octanol–water partition coefficient (Wildman–Crippen LogP) is 3.43. The summed E-state index contributed by atoms with van der Waals surface area (Å²) in [7, 11) is 0. The van der Waals surface area contributed by atoms with Crippen molar-refractivity contribution in [3.05, 3.63) is 46.0 Å². The van der Waals surface area contributed by atoms with Crippen LogP contribution in [0.4, 0.5) is 5.82 Å². The number of nitrogens with one attached hydrogen (secondary N) is 1. The van der Waals surface area contributed by atoms with Crippen LogP contribution in [-0.2, 0) is 0 Å². The summed E-state index contributed by atoms with van der Waals surface area (Å²) in [6.45, 7) is 0. The minimum atomic E-state index is -0.415. The third-order valence-electron chi connectivity index (χ3n) is 2.40. The van der Waals surface area contributed by atoms with Crippen molar-refractivity contribution in [2.24, 2.45) is 0 Å². The molecule has 0 radical (unpaired) electrons. The van der Waals surface area contributed by atoms with Crippen LogP contribution in [0, 0.1) is 0 Å². The highest BCUT2D eigenvalue weighted by molar-refractivity contribution is 8.01. The van der Waals surface area contributed by atoms with E-state index in [1.165, 1.54) is 42.7 Å². The van der Waals surface area contributed by atoms with Crippen LogP contribution < -0.4 is 5.32 Å². The molecule has 0 atom stereocenters. The topological polar surface area (TPSA) is 93.6 Å². The molecule has 0 aliphatic heterocycles. The van der Waals surface area contributed by atoms with Crippen molar-refractivity contribution in [2.75, 3.05) is 5.32 Å². The Morgan fingerprint density at radius 3 is 2.57 bits per heavy atom. The summed E-state index contributed by atoms with van der Waals surface area (Å²) in [6.07, 6.45) is 7.39. The first-order chi connectivity index (χ1) is 11.1. The van der Waals surface area contributed by atoms with Gasteiger partial charge in [0.05, 0.1) is 21.1 Å². The van der Waals surface area contributed by atoms with Crippen molar-refractivity contribution in [1.29, 1.82) is 0 Å². The van der Waals surface area contributed by atoms with Gasteiger partial charge in [-0.25, -0.2) is 4.98 Å². The fourth-order valence-electron chi connectivity index (χ4n) is 1.46. The monoisotopic (exact) mass is 384 g/mol. The van der Waals surface area contributed by atoms with E-state index in [0.29, 0.717) is 25.1 Å². The average Bonchev–Trinajstić information content (AvgIpc) is 3.01. The first-order valence-electron chi connectivity index (χ1n) is 6.01. The summed E-state index contributed by atoms with van der Waals surface area (Å²) in [6, 6.07) is 0. The van der Waals surface area contributed by atoms with E-state index < -0.39 is 5.91 Å². The molecule has 3 rings (SSSR count). The molecule has 3 heterocycles. The smallest absolute Gasteiger partial charge is 0.287 e. The number of carbonyl (C=O) groups excluding carboxylic acids is 1. The largest absolute Gasteiger partial charge is 0.303 e. The van der Waals surface area contributed by atoms with E-state index in [4.69, 9.17) is 23.2 Å². The van der Waals surface area contributed by atoms with Gasteiger partial charge < -0.3 is 5.32 Å². The Kier molecular flexibility index (Phi) is 5.01. The van der Waals surface area contributed by atoms with Gasteiger partial charge in [0.15, 0.2) is 10.2 Å². The van der Waals surface area contributed by atoms with E-state index >= 15 is 0 Å². The number of aromatic nitrogens is 5. The summed E-state index contributed by atoms with van der Waals surface area (Å²) in [4.78, 5) is 24.4. The number of halogens is 2. The van der Waals surface area contributed by atoms with Crippen LogP contribution in [0.5, 0.6) is 0 Å². The van der Waals surface area contributed by atoms with E-state index in [-0.39, 0.29) is 5.01 Å². The van der Waals surface area contributed by atoms with Gasteiger partial charge in [-0.1, -0.05) is 46.3 Å². The second-order valence-electron chi connectivity index (χ2n) is 3.95. The van der Waals surface area contributed by atoms with Crippen molar-refractivity contribution in [2.45, 2.75) is 9.24 Å². The number of amides is 1. The molecule has 0 spiro atoms. The molecule has 1 amide bonds. The molecule has 7 nitrogen and oxygen atoms in total. The van der Waals surface area contributed by atoms with E-state index in [1.807, 2.05) is 0 Å². The Labute approximate surface area is 148 Å². The van der Waals surface area contributed by atoms with Crippen LogP contribution in [0.2, 0.25) is 10.0 Å². The van der Waals surface area contributed by atoms with Gasteiger partial charge in [-0.05, 0) is 0 Å². The third kappa shape index (κ3) is 3.94. The number of anilines is 1. The molecule has 0 aromatic carbocycles. The molecule has 23 heavy (non-hydrogen) atoms. The number of pyridine rings is 1. The fraction of sp³-hybridized carbons (Fsp3) is 0. The van der Waals surface area contributed by atoms with E-state index in [1.54, 1.807) is 0 Å². The van der Waals surface area contributed by atoms with Gasteiger partial charge in [-0.15, -0.1) is 10.2 Å². The first kappa shape index (κ1) is 16.1. The maximum atomic E-state index is 12.1. The lowest BCUT2D eigenvalue weighted by molar-refractivity contribution is 0.102. The van der Waals surface area contributed by atoms with Gasteiger partial charge in [0.25, 0.3) is 5.91 Å². The van der Waals surface area contributed by atoms with Crippen LogP contribution in [0.15, 0.2) is 40.2 Å². The summed E-state index contributed by atoms with van der Waals surface area (Å²) < 4.78 is 0.532. The molecule has 0 aliphatic carbocycles. The van der Waals surface area contributed by atoms with Crippen molar-refractivity contribution < 1.29 is 4.79 Å². The van der Waals surface area contributed by atoms with Crippen LogP contribution >= 0.6 is 46.3 Å². The van der Waals surface area contributed by atoms with E-state index in [2.05, 4.69) is 30.5 Å². The number of nitrogens with zero attached hydrogens (tertiary/aromatic N) is 5. The van der Waals surface area contributed by atoms with Gasteiger partial charge in [-0.3, -0.25) is 14.8 Å². The quantitative estimate of drug-likeness (QED) is 0.735. The minimum absolute atomic E-state index is 0.194. The summed E-state index contributed by atoms with van der Waals surface area (Å²) in [5.74, 6) is -0.0797. The van der Waals surface area contributed by atoms with Gasteiger partial charge in [0.1, 0.15) is 0 Å². The van der Waals surface area contributed by atoms with Gasteiger partial charge in [0.2, 0.25) is 5.01 Å². The third-order valence-corrected chi connectivity index (χ3v) is 5.32. The molecule has 0 aliphatic rings. The molecule has 0 fully saturated rings. The van der Waals surface area contributed by atoms with Crippen molar-refractivity contribution >= 4 is 58.0 Å². The number of carbonyl (C=O) groups is 1. The van der Waals surface area contributed by atoms with E-state index in [9.17, 15) is 4.79 Å². The molecule has 116 valence electrons. The Bertz CT molecular complexity index is 824. The molecule has 3 aromatic heterocycles. The molecule has 0 unspecified atom stereocenters. The molecule has 0 saturated heterocycles. The Morgan fingerprint density at radius 1 is 1.09 bits per heavy atom. The second-order valence-corrected chi connectivity index (χ2v) is 7.00. The maximum Gasteiger partial charge on any atom is 0.287 e. The molecule has 0 bridgehead atoms. The normalized spacial score (nSPS) is 10.5. The van der Waals surface area contributed by atoms with Crippen molar-refractivity contribution in [3.8, 4) is 0 Å². The van der Waals surface area contributed by atoms with Gasteiger partial charge in [-0.2, -0.15) is 0 Å². The summed E-state index contributed by atoms with van der Waals surface area (Å²) in [5.41, 5.74) is 0. The standard InChI is InChI=1S/C12H6Cl2N6OS2/c13-6-3-16-4-7(14)9(6)22-12-20-19-11(23-12)10(21)18-8-5-15-1-2-17-8/h1-5H,(H,17,18,21). The molecule has 0 saturated carbocycles. The molecule has 3 aromatic rings. The highest BCUT2D eigenvalue weighted by Crippen LogP contribution is 2.38.